The molecule has 0 aromatic heterocycles. The fourth-order valence-corrected chi connectivity index (χ4v) is 4.97. The molecule has 4 rings (SSSR count). The molecule has 0 spiro atoms. The van der Waals surface area contributed by atoms with E-state index in [1.165, 1.54) is 52.7 Å². The second-order valence-electron chi connectivity index (χ2n) is 10.7. The van der Waals surface area contributed by atoms with E-state index in [1.54, 1.807) is 12.1 Å². The number of aryl methyl sites for hydroxylation is 2. The SMILES string of the molecule is CC(C)=C(C)c1cc(CNC2CCCC(N)C2)ccc1C.CCc1ccc(-c2ccccc2C(=O)O)cc1. The molecule has 0 heterocycles. The van der Waals surface area contributed by atoms with Crippen LogP contribution in [-0.4, -0.2) is 23.2 Å². The molecule has 0 radical (unpaired) electrons. The first-order valence-corrected chi connectivity index (χ1v) is 13.8. The Hall–Kier alpha value is -3.21. The normalized spacial score (nSPS) is 16.8. The largest absolute Gasteiger partial charge is 0.478 e. The molecule has 38 heavy (non-hydrogen) atoms. The average molecular weight is 513 g/mol. The highest BCUT2D eigenvalue weighted by Crippen LogP contribution is 2.25. The first kappa shape index (κ1) is 29.3. The van der Waals surface area contributed by atoms with Crippen LogP contribution in [0.3, 0.4) is 0 Å². The molecular weight excluding hydrogens is 468 g/mol. The zero-order valence-corrected chi connectivity index (χ0v) is 23.7. The summed E-state index contributed by atoms with van der Waals surface area (Å²) in [5.74, 6) is -0.889. The van der Waals surface area contributed by atoms with Crippen LogP contribution in [-0.2, 0) is 13.0 Å². The Morgan fingerprint density at radius 1 is 0.947 bits per heavy atom. The standard InChI is InChI=1S/C19H30N2.C15H14O2/c1-13(2)15(4)19-10-16(9-8-14(19)3)12-21-18-7-5-6-17(20)11-18;1-2-11-7-9-12(10-8-11)13-5-3-4-6-14(13)15(16)17/h8-10,17-18,21H,5-7,11-12,20H2,1-4H3;3-10H,2H2,1H3,(H,16,17). The summed E-state index contributed by atoms with van der Waals surface area (Å²) in [5, 5.41) is 12.8. The summed E-state index contributed by atoms with van der Waals surface area (Å²) in [6.07, 6.45) is 5.81. The number of allylic oxidation sites excluding steroid dienone is 2. The van der Waals surface area contributed by atoms with Gasteiger partial charge in [-0.3, -0.25) is 0 Å². The van der Waals surface area contributed by atoms with Crippen molar-refractivity contribution in [2.24, 2.45) is 5.73 Å². The highest BCUT2D eigenvalue weighted by molar-refractivity contribution is 5.96. The van der Waals surface area contributed by atoms with Crippen LogP contribution in [0, 0.1) is 6.92 Å². The van der Waals surface area contributed by atoms with Crippen LogP contribution in [0.4, 0.5) is 0 Å². The van der Waals surface area contributed by atoms with E-state index in [4.69, 9.17) is 10.8 Å². The Labute approximate surface area is 229 Å². The molecule has 1 aliphatic rings. The fourth-order valence-electron chi connectivity index (χ4n) is 4.97. The molecule has 4 nitrogen and oxygen atoms in total. The van der Waals surface area contributed by atoms with Gasteiger partial charge in [0.15, 0.2) is 0 Å². The van der Waals surface area contributed by atoms with Gasteiger partial charge in [-0.2, -0.15) is 0 Å². The van der Waals surface area contributed by atoms with E-state index in [-0.39, 0.29) is 0 Å². The molecule has 202 valence electrons. The van der Waals surface area contributed by atoms with E-state index in [9.17, 15) is 4.79 Å². The van der Waals surface area contributed by atoms with Gasteiger partial charge >= 0.3 is 5.97 Å². The molecule has 4 N–H and O–H groups in total. The minimum absolute atomic E-state index is 0.344. The number of hydrogen-bond donors (Lipinski definition) is 3. The quantitative estimate of drug-likeness (QED) is 0.302. The van der Waals surface area contributed by atoms with Gasteiger partial charge in [0.25, 0.3) is 0 Å². The second-order valence-corrected chi connectivity index (χ2v) is 10.7. The molecular formula is C34H44N2O2. The maximum Gasteiger partial charge on any atom is 0.336 e. The number of carboxylic acids is 1. The van der Waals surface area contributed by atoms with Crippen LogP contribution in [0.15, 0.2) is 72.3 Å². The highest BCUT2D eigenvalue weighted by atomic mass is 16.4. The average Bonchev–Trinajstić information content (AvgIpc) is 2.92. The van der Waals surface area contributed by atoms with Crippen molar-refractivity contribution < 1.29 is 9.90 Å². The van der Waals surface area contributed by atoms with Gasteiger partial charge in [0.2, 0.25) is 0 Å². The minimum Gasteiger partial charge on any atom is -0.478 e. The topological polar surface area (TPSA) is 75.3 Å². The van der Waals surface area contributed by atoms with Crippen molar-refractivity contribution >= 4 is 11.5 Å². The summed E-state index contributed by atoms with van der Waals surface area (Å²) in [4.78, 5) is 11.1. The van der Waals surface area contributed by atoms with Crippen molar-refractivity contribution in [3.63, 3.8) is 0 Å². The number of nitrogens with one attached hydrogen (secondary N) is 1. The number of rotatable bonds is 7. The third kappa shape index (κ3) is 8.14. The van der Waals surface area contributed by atoms with Crippen LogP contribution in [0.5, 0.6) is 0 Å². The Kier molecular flexibility index (Phi) is 10.9. The third-order valence-corrected chi connectivity index (χ3v) is 7.60. The van der Waals surface area contributed by atoms with Crippen molar-refractivity contribution in [1.29, 1.82) is 0 Å². The van der Waals surface area contributed by atoms with Crippen molar-refractivity contribution in [3.05, 3.63) is 100 Å². The molecule has 0 saturated heterocycles. The zero-order chi connectivity index (χ0) is 27.7. The highest BCUT2D eigenvalue weighted by Gasteiger charge is 2.18. The van der Waals surface area contributed by atoms with Gasteiger partial charge in [-0.05, 0) is 104 Å². The van der Waals surface area contributed by atoms with Gasteiger partial charge in [-0.25, -0.2) is 4.79 Å². The number of aromatic carboxylic acids is 1. The molecule has 1 saturated carbocycles. The summed E-state index contributed by atoms with van der Waals surface area (Å²) in [5.41, 5.74) is 16.3. The first-order chi connectivity index (χ1) is 18.2. The summed E-state index contributed by atoms with van der Waals surface area (Å²) in [7, 11) is 0. The van der Waals surface area contributed by atoms with Gasteiger partial charge in [0.1, 0.15) is 0 Å². The Bertz CT molecular complexity index is 1240. The number of benzene rings is 3. The number of nitrogens with two attached hydrogens (primary N) is 1. The zero-order valence-electron chi connectivity index (χ0n) is 23.7. The van der Waals surface area contributed by atoms with Crippen LogP contribution >= 0.6 is 0 Å². The number of carbonyl (C=O) groups is 1. The number of hydrogen-bond acceptors (Lipinski definition) is 3. The molecule has 2 atom stereocenters. The Morgan fingerprint density at radius 3 is 2.26 bits per heavy atom. The predicted molar refractivity (Wildman–Crippen MR) is 160 cm³/mol. The maximum absolute atomic E-state index is 11.1. The Morgan fingerprint density at radius 2 is 1.63 bits per heavy atom. The third-order valence-electron chi connectivity index (χ3n) is 7.60. The van der Waals surface area contributed by atoms with Crippen molar-refractivity contribution in [2.75, 3.05) is 0 Å². The molecule has 0 amide bonds. The lowest BCUT2D eigenvalue weighted by Crippen LogP contribution is -2.39. The molecule has 0 bridgehead atoms. The van der Waals surface area contributed by atoms with Crippen LogP contribution in [0.1, 0.15) is 86.0 Å². The van der Waals surface area contributed by atoms with Crippen molar-refractivity contribution in [1.82, 2.24) is 5.32 Å². The van der Waals surface area contributed by atoms with Crippen molar-refractivity contribution in [2.45, 2.75) is 85.4 Å². The fraction of sp³-hybridized carbons (Fsp3) is 0.382. The van der Waals surface area contributed by atoms with E-state index in [0.717, 1.165) is 30.5 Å². The molecule has 3 aromatic rings. The van der Waals surface area contributed by atoms with Gasteiger partial charge < -0.3 is 16.2 Å². The van der Waals surface area contributed by atoms with E-state index in [0.29, 0.717) is 17.6 Å². The summed E-state index contributed by atoms with van der Waals surface area (Å²) < 4.78 is 0. The molecule has 2 unspecified atom stereocenters. The molecule has 3 aromatic carbocycles. The minimum atomic E-state index is -0.889. The monoisotopic (exact) mass is 512 g/mol. The van der Waals surface area contributed by atoms with Gasteiger partial charge in [0.05, 0.1) is 5.56 Å². The molecule has 1 fully saturated rings. The lowest BCUT2D eigenvalue weighted by molar-refractivity contribution is 0.0697. The van der Waals surface area contributed by atoms with E-state index >= 15 is 0 Å². The molecule has 4 heteroatoms. The van der Waals surface area contributed by atoms with E-state index < -0.39 is 5.97 Å². The van der Waals surface area contributed by atoms with Gasteiger partial charge in [0, 0.05) is 18.6 Å². The van der Waals surface area contributed by atoms with Gasteiger partial charge in [-0.1, -0.05) is 73.5 Å². The van der Waals surface area contributed by atoms with E-state index in [2.05, 4.69) is 58.1 Å². The first-order valence-electron chi connectivity index (χ1n) is 13.8. The molecule has 1 aliphatic carbocycles. The smallest absolute Gasteiger partial charge is 0.336 e. The lowest BCUT2D eigenvalue weighted by atomic mass is 9.91. The maximum atomic E-state index is 11.1. The summed E-state index contributed by atoms with van der Waals surface area (Å²) in [6.45, 7) is 11.8. The number of carboxylic acid groups (broad SMARTS) is 1. The predicted octanol–water partition coefficient (Wildman–Crippen LogP) is 7.78. The second kappa shape index (κ2) is 14.1. The van der Waals surface area contributed by atoms with Crippen LogP contribution in [0.25, 0.3) is 16.7 Å². The lowest BCUT2D eigenvalue weighted by Gasteiger charge is -2.27. The van der Waals surface area contributed by atoms with Crippen LogP contribution in [0.2, 0.25) is 0 Å². The summed E-state index contributed by atoms with van der Waals surface area (Å²) >= 11 is 0. The van der Waals surface area contributed by atoms with Crippen LogP contribution < -0.4 is 11.1 Å². The Balaban J connectivity index is 0.000000215. The van der Waals surface area contributed by atoms with Gasteiger partial charge in [-0.15, -0.1) is 0 Å². The van der Waals surface area contributed by atoms with E-state index in [1.807, 2.05) is 36.4 Å². The van der Waals surface area contributed by atoms with Crippen molar-refractivity contribution in [3.8, 4) is 11.1 Å². The summed E-state index contributed by atoms with van der Waals surface area (Å²) in [6, 6.07) is 22.9. The molecule has 0 aliphatic heterocycles.